The van der Waals surface area contributed by atoms with Gasteiger partial charge in [0, 0.05) is 31.1 Å². The van der Waals surface area contributed by atoms with E-state index in [1.54, 1.807) is 7.11 Å². The molecule has 2 aromatic heterocycles. The van der Waals surface area contributed by atoms with Gasteiger partial charge in [0.15, 0.2) is 0 Å². The highest BCUT2D eigenvalue weighted by Gasteiger charge is 2.19. The molecule has 0 saturated carbocycles. The summed E-state index contributed by atoms with van der Waals surface area (Å²) in [4.78, 5) is 4.33. The standard InChI is InChI=1S/C14H21N5O/c1-20-7-6-18-10-13(8-17-18)19-11-16-9-14(19)12-2-4-15-5-3-12/h8-12,15H,2-7H2,1H3. The van der Waals surface area contributed by atoms with Gasteiger partial charge in [0.05, 0.1) is 31.4 Å². The van der Waals surface area contributed by atoms with Gasteiger partial charge in [-0.1, -0.05) is 0 Å². The van der Waals surface area contributed by atoms with Gasteiger partial charge in [0.25, 0.3) is 0 Å². The summed E-state index contributed by atoms with van der Waals surface area (Å²) in [5.74, 6) is 0.584. The number of nitrogens with one attached hydrogen (secondary N) is 1. The normalized spacial score (nSPS) is 16.6. The van der Waals surface area contributed by atoms with Gasteiger partial charge in [-0.05, 0) is 25.9 Å². The van der Waals surface area contributed by atoms with Crippen molar-refractivity contribution in [3.8, 4) is 5.69 Å². The summed E-state index contributed by atoms with van der Waals surface area (Å²) in [6.45, 7) is 3.62. The van der Waals surface area contributed by atoms with Crippen molar-refractivity contribution < 1.29 is 4.74 Å². The Morgan fingerprint density at radius 1 is 1.35 bits per heavy atom. The number of nitrogens with zero attached hydrogens (tertiary/aromatic N) is 4. The summed E-state index contributed by atoms with van der Waals surface area (Å²) in [5.41, 5.74) is 2.37. The molecule has 1 aliphatic heterocycles. The highest BCUT2D eigenvalue weighted by molar-refractivity contribution is 5.30. The molecule has 0 aromatic carbocycles. The van der Waals surface area contributed by atoms with Crippen molar-refractivity contribution in [2.45, 2.75) is 25.3 Å². The zero-order valence-electron chi connectivity index (χ0n) is 11.8. The van der Waals surface area contributed by atoms with E-state index in [1.807, 2.05) is 29.6 Å². The molecule has 6 heteroatoms. The van der Waals surface area contributed by atoms with Gasteiger partial charge in [-0.25, -0.2) is 4.98 Å². The SMILES string of the molecule is COCCn1cc(-n2cncc2C2CCNCC2)cn1. The van der Waals surface area contributed by atoms with Gasteiger partial charge < -0.3 is 10.1 Å². The van der Waals surface area contributed by atoms with E-state index < -0.39 is 0 Å². The monoisotopic (exact) mass is 275 g/mol. The van der Waals surface area contributed by atoms with E-state index in [-0.39, 0.29) is 0 Å². The van der Waals surface area contributed by atoms with E-state index in [4.69, 9.17) is 4.74 Å². The lowest BCUT2D eigenvalue weighted by Crippen LogP contribution is -2.27. The highest BCUT2D eigenvalue weighted by atomic mass is 16.5. The van der Waals surface area contributed by atoms with E-state index in [0.717, 1.165) is 25.3 Å². The van der Waals surface area contributed by atoms with E-state index in [9.17, 15) is 0 Å². The van der Waals surface area contributed by atoms with Crippen molar-refractivity contribution in [2.75, 3.05) is 26.8 Å². The van der Waals surface area contributed by atoms with Crippen molar-refractivity contribution >= 4 is 0 Å². The molecule has 1 saturated heterocycles. The van der Waals surface area contributed by atoms with Crippen LogP contribution in [0.1, 0.15) is 24.5 Å². The lowest BCUT2D eigenvalue weighted by Gasteiger charge is -2.23. The fourth-order valence-corrected chi connectivity index (χ4v) is 2.72. The van der Waals surface area contributed by atoms with Crippen LogP contribution in [0.25, 0.3) is 5.69 Å². The second-order valence-corrected chi connectivity index (χ2v) is 5.17. The molecule has 0 bridgehead atoms. The summed E-state index contributed by atoms with van der Waals surface area (Å²) >= 11 is 0. The number of hydrogen-bond acceptors (Lipinski definition) is 4. The lowest BCUT2D eigenvalue weighted by molar-refractivity contribution is 0.183. The molecule has 2 aromatic rings. The topological polar surface area (TPSA) is 56.9 Å². The maximum atomic E-state index is 5.08. The van der Waals surface area contributed by atoms with Gasteiger partial charge in [0.1, 0.15) is 0 Å². The Morgan fingerprint density at radius 2 is 2.20 bits per heavy atom. The Kier molecular flexibility index (Phi) is 4.13. The van der Waals surface area contributed by atoms with Crippen LogP contribution in [0.15, 0.2) is 24.9 Å². The second kappa shape index (κ2) is 6.19. The quantitative estimate of drug-likeness (QED) is 0.890. The van der Waals surface area contributed by atoms with Gasteiger partial charge in [0.2, 0.25) is 0 Å². The minimum atomic E-state index is 0.584. The van der Waals surface area contributed by atoms with E-state index in [1.165, 1.54) is 18.5 Å². The Hall–Kier alpha value is -1.66. The summed E-state index contributed by atoms with van der Waals surface area (Å²) in [5, 5.41) is 7.77. The molecule has 0 unspecified atom stereocenters. The Balaban J connectivity index is 1.79. The van der Waals surface area contributed by atoms with E-state index in [0.29, 0.717) is 12.5 Å². The van der Waals surface area contributed by atoms with Crippen LogP contribution >= 0.6 is 0 Å². The Labute approximate surface area is 118 Å². The van der Waals surface area contributed by atoms with Crippen LogP contribution in [0, 0.1) is 0 Å². The van der Waals surface area contributed by atoms with Crippen LogP contribution in [0.5, 0.6) is 0 Å². The first-order valence-electron chi connectivity index (χ1n) is 7.13. The fraction of sp³-hybridized carbons (Fsp3) is 0.571. The van der Waals surface area contributed by atoms with Gasteiger partial charge in [-0.15, -0.1) is 0 Å². The third-order valence-electron chi connectivity index (χ3n) is 3.85. The van der Waals surface area contributed by atoms with Gasteiger partial charge >= 0.3 is 0 Å². The van der Waals surface area contributed by atoms with Crippen LogP contribution in [0.4, 0.5) is 0 Å². The van der Waals surface area contributed by atoms with Crippen LogP contribution in [0.3, 0.4) is 0 Å². The van der Waals surface area contributed by atoms with Gasteiger partial charge in [-0.3, -0.25) is 9.25 Å². The minimum Gasteiger partial charge on any atom is -0.383 e. The van der Waals surface area contributed by atoms with Crippen LogP contribution in [-0.2, 0) is 11.3 Å². The van der Waals surface area contributed by atoms with Crippen molar-refractivity contribution in [3.63, 3.8) is 0 Å². The summed E-state index contributed by atoms with van der Waals surface area (Å²) in [6, 6.07) is 0. The molecule has 0 spiro atoms. The smallest absolute Gasteiger partial charge is 0.0995 e. The highest BCUT2D eigenvalue weighted by Crippen LogP contribution is 2.26. The maximum absolute atomic E-state index is 5.08. The minimum absolute atomic E-state index is 0.584. The van der Waals surface area contributed by atoms with Crippen molar-refractivity contribution in [2.24, 2.45) is 0 Å². The number of hydrogen-bond donors (Lipinski definition) is 1. The number of rotatable bonds is 5. The molecular weight excluding hydrogens is 254 g/mol. The molecule has 6 nitrogen and oxygen atoms in total. The predicted molar refractivity (Wildman–Crippen MR) is 76.1 cm³/mol. The zero-order valence-corrected chi connectivity index (χ0v) is 11.8. The fourth-order valence-electron chi connectivity index (χ4n) is 2.72. The molecule has 1 N–H and O–H groups in total. The first-order valence-corrected chi connectivity index (χ1v) is 7.13. The van der Waals surface area contributed by atoms with E-state index >= 15 is 0 Å². The molecular formula is C14H21N5O. The van der Waals surface area contributed by atoms with Gasteiger partial charge in [-0.2, -0.15) is 5.10 Å². The second-order valence-electron chi connectivity index (χ2n) is 5.17. The van der Waals surface area contributed by atoms with Crippen molar-refractivity contribution in [3.05, 3.63) is 30.6 Å². The van der Waals surface area contributed by atoms with Crippen LogP contribution in [0.2, 0.25) is 0 Å². The number of piperidine rings is 1. The first kappa shape index (κ1) is 13.3. The summed E-state index contributed by atoms with van der Waals surface area (Å²) < 4.78 is 9.14. The third kappa shape index (κ3) is 2.76. The molecule has 20 heavy (non-hydrogen) atoms. The zero-order chi connectivity index (χ0) is 13.8. The van der Waals surface area contributed by atoms with E-state index in [2.05, 4.69) is 20.0 Å². The number of imidazole rings is 1. The number of ether oxygens (including phenoxy) is 1. The molecule has 0 aliphatic carbocycles. The molecule has 1 fully saturated rings. The molecule has 0 radical (unpaired) electrons. The lowest BCUT2D eigenvalue weighted by atomic mass is 9.95. The average Bonchev–Trinajstić information content (AvgIpc) is 3.14. The van der Waals surface area contributed by atoms with Crippen LogP contribution in [-0.4, -0.2) is 46.1 Å². The molecule has 1 aliphatic rings. The molecule has 0 amide bonds. The average molecular weight is 275 g/mol. The number of aromatic nitrogens is 4. The summed E-state index contributed by atoms with van der Waals surface area (Å²) in [7, 11) is 1.70. The molecule has 3 rings (SSSR count). The maximum Gasteiger partial charge on any atom is 0.0995 e. The largest absolute Gasteiger partial charge is 0.383 e. The number of methoxy groups -OCH3 is 1. The Bertz CT molecular complexity index is 541. The first-order chi connectivity index (χ1) is 9.88. The van der Waals surface area contributed by atoms with Crippen LogP contribution < -0.4 is 5.32 Å². The molecule has 108 valence electrons. The molecule has 0 atom stereocenters. The van der Waals surface area contributed by atoms with Crippen molar-refractivity contribution in [1.82, 2.24) is 24.6 Å². The Morgan fingerprint density at radius 3 is 3.00 bits per heavy atom. The molecule has 3 heterocycles. The van der Waals surface area contributed by atoms with Crippen molar-refractivity contribution in [1.29, 1.82) is 0 Å². The third-order valence-corrected chi connectivity index (χ3v) is 3.85. The summed E-state index contributed by atoms with van der Waals surface area (Å²) in [6.07, 6.45) is 10.2. The predicted octanol–water partition coefficient (Wildman–Crippen LogP) is 1.18.